The van der Waals surface area contributed by atoms with Gasteiger partial charge in [0.25, 0.3) is 0 Å². The van der Waals surface area contributed by atoms with E-state index in [1.165, 1.54) is 56.9 Å². The van der Waals surface area contributed by atoms with E-state index in [0.717, 1.165) is 11.8 Å². The summed E-state index contributed by atoms with van der Waals surface area (Å²) in [6.45, 7) is 2.35. The molecule has 0 saturated heterocycles. The zero-order valence-electron chi connectivity index (χ0n) is 13.4. The molecule has 3 rings (SSSR count). The van der Waals surface area contributed by atoms with E-state index in [2.05, 4.69) is 42.7 Å². The van der Waals surface area contributed by atoms with Crippen molar-refractivity contribution in [3.8, 4) is 0 Å². The van der Waals surface area contributed by atoms with E-state index >= 15 is 0 Å². The van der Waals surface area contributed by atoms with E-state index in [1.807, 2.05) is 0 Å². The number of rotatable bonds is 5. The average Bonchev–Trinajstić information content (AvgIpc) is 2.51. The first-order valence-electron chi connectivity index (χ1n) is 8.83. The lowest BCUT2D eigenvalue weighted by molar-refractivity contribution is 0.0707. The molecule has 0 aliphatic heterocycles. The van der Waals surface area contributed by atoms with Crippen LogP contribution in [0.3, 0.4) is 0 Å². The Kier molecular flexibility index (Phi) is 4.66. The second-order valence-electron chi connectivity index (χ2n) is 7.14. The summed E-state index contributed by atoms with van der Waals surface area (Å²) in [6.07, 6.45) is 10.8. The summed E-state index contributed by atoms with van der Waals surface area (Å²) in [4.78, 5) is 0. The van der Waals surface area contributed by atoms with E-state index in [1.54, 1.807) is 0 Å². The normalized spacial score (nSPS) is 29.6. The van der Waals surface area contributed by atoms with Crippen LogP contribution < -0.4 is 11.3 Å². The third-order valence-electron chi connectivity index (χ3n) is 6.29. The van der Waals surface area contributed by atoms with Crippen LogP contribution in [0.15, 0.2) is 30.3 Å². The van der Waals surface area contributed by atoms with Gasteiger partial charge in [0, 0.05) is 11.5 Å². The van der Waals surface area contributed by atoms with Gasteiger partial charge < -0.3 is 0 Å². The van der Waals surface area contributed by atoms with Crippen LogP contribution >= 0.6 is 0 Å². The predicted molar refractivity (Wildman–Crippen MR) is 88.8 cm³/mol. The lowest BCUT2D eigenvalue weighted by Crippen LogP contribution is -2.60. The molecule has 2 aliphatic rings. The second-order valence-corrected chi connectivity index (χ2v) is 7.14. The summed E-state index contributed by atoms with van der Waals surface area (Å²) >= 11 is 0. The van der Waals surface area contributed by atoms with Crippen molar-refractivity contribution in [2.75, 3.05) is 0 Å². The minimum Gasteiger partial charge on any atom is -0.271 e. The van der Waals surface area contributed by atoms with Crippen molar-refractivity contribution in [2.24, 2.45) is 17.7 Å². The van der Waals surface area contributed by atoms with E-state index in [9.17, 15) is 0 Å². The fourth-order valence-corrected chi connectivity index (χ4v) is 4.98. The van der Waals surface area contributed by atoms with Gasteiger partial charge in [-0.1, -0.05) is 69.4 Å². The van der Waals surface area contributed by atoms with Crippen LogP contribution in [-0.2, 0) is 5.41 Å². The van der Waals surface area contributed by atoms with Gasteiger partial charge in [0.15, 0.2) is 0 Å². The van der Waals surface area contributed by atoms with Gasteiger partial charge in [0.05, 0.1) is 0 Å². The monoisotopic (exact) mass is 286 g/mol. The number of nitrogens with one attached hydrogen (secondary N) is 1. The van der Waals surface area contributed by atoms with Crippen molar-refractivity contribution in [3.63, 3.8) is 0 Å². The fourth-order valence-electron chi connectivity index (χ4n) is 4.98. The first kappa shape index (κ1) is 15.1. The highest BCUT2D eigenvalue weighted by atomic mass is 15.2. The Balaban J connectivity index is 1.90. The van der Waals surface area contributed by atoms with Crippen LogP contribution in [0.1, 0.15) is 63.9 Å². The number of nitrogens with two attached hydrogens (primary N) is 1. The highest BCUT2D eigenvalue weighted by Crippen LogP contribution is 2.51. The lowest BCUT2D eigenvalue weighted by atomic mass is 9.55. The third kappa shape index (κ3) is 2.64. The SMILES string of the molecule is CCC1CCCCC1C(NN)C1(c2ccccc2)CCC1. The average molecular weight is 286 g/mol. The fraction of sp³-hybridized carbons (Fsp3) is 0.684. The van der Waals surface area contributed by atoms with Crippen molar-refractivity contribution in [2.45, 2.75) is 69.7 Å². The van der Waals surface area contributed by atoms with E-state index in [4.69, 9.17) is 5.84 Å². The van der Waals surface area contributed by atoms with Crippen LogP contribution in [0.2, 0.25) is 0 Å². The maximum absolute atomic E-state index is 6.10. The van der Waals surface area contributed by atoms with Gasteiger partial charge in [-0.15, -0.1) is 0 Å². The molecule has 1 aromatic rings. The molecule has 2 nitrogen and oxygen atoms in total. The molecule has 116 valence electrons. The van der Waals surface area contributed by atoms with Crippen molar-refractivity contribution >= 4 is 0 Å². The number of benzene rings is 1. The molecule has 2 fully saturated rings. The lowest BCUT2D eigenvalue weighted by Gasteiger charge is -2.53. The van der Waals surface area contributed by atoms with Gasteiger partial charge in [-0.25, -0.2) is 0 Å². The first-order chi connectivity index (χ1) is 10.3. The molecule has 1 aromatic carbocycles. The zero-order chi connectivity index (χ0) is 14.7. The Morgan fingerprint density at radius 3 is 2.43 bits per heavy atom. The standard InChI is InChI=1S/C19H30N2/c1-2-15-9-6-7-12-17(15)18(21-20)19(13-8-14-19)16-10-4-3-5-11-16/h3-5,10-11,15,17-18,21H,2,6-9,12-14,20H2,1H3. The van der Waals surface area contributed by atoms with Crippen molar-refractivity contribution < 1.29 is 0 Å². The topological polar surface area (TPSA) is 38.0 Å². The summed E-state index contributed by atoms with van der Waals surface area (Å²) in [5, 5.41) is 0. The maximum atomic E-state index is 6.10. The molecule has 0 amide bonds. The highest BCUT2D eigenvalue weighted by molar-refractivity contribution is 5.31. The maximum Gasteiger partial charge on any atom is 0.0338 e. The van der Waals surface area contributed by atoms with Crippen molar-refractivity contribution in [3.05, 3.63) is 35.9 Å². The Morgan fingerprint density at radius 2 is 1.86 bits per heavy atom. The summed E-state index contributed by atoms with van der Waals surface area (Å²) in [5.74, 6) is 7.70. The zero-order valence-corrected chi connectivity index (χ0v) is 13.4. The van der Waals surface area contributed by atoms with Gasteiger partial charge >= 0.3 is 0 Å². The van der Waals surface area contributed by atoms with E-state index in [-0.39, 0.29) is 5.41 Å². The molecule has 2 saturated carbocycles. The molecule has 3 unspecified atom stereocenters. The predicted octanol–water partition coefficient (Wildman–Crippen LogP) is 4.16. The molecule has 3 atom stereocenters. The van der Waals surface area contributed by atoms with Crippen LogP contribution in [-0.4, -0.2) is 6.04 Å². The smallest absolute Gasteiger partial charge is 0.0338 e. The van der Waals surface area contributed by atoms with Crippen LogP contribution in [0.4, 0.5) is 0 Å². The third-order valence-corrected chi connectivity index (χ3v) is 6.29. The summed E-state index contributed by atoms with van der Waals surface area (Å²) < 4.78 is 0. The van der Waals surface area contributed by atoms with E-state index < -0.39 is 0 Å². The minimum atomic E-state index is 0.283. The number of hydrazine groups is 1. The van der Waals surface area contributed by atoms with Crippen molar-refractivity contribution in [1.82, 2.24) is 5.43 Å². The molecule has 0 bridgehead atoms. The Labute approximate surface area is 129 Å². The molecule has 0 radical (unpaired) electrons. The molecule has 0 spiro atoms. The Hall–Kier alpha value is -0.860. The quantitative estimate of drug-likeness (QED) is 0.630. The second kappa shape index (κ2) is 6.50. The summed E-state index contributed by atoms with van der Waals surface area (Å²) in [5.41, 5.74) is 5.06. The van der Waals surface area contributed by atoms with Crippen LogP contribution in [0.25, 0.3) is 0 Å². The molecule has 0 heterocycles. The number of hydrogen-bond donors (Lipinski definition) is 2. The summed E-state index contributed by atoms with van der Waals surface area (Å²) in [6, 6.07) is 11.6. The summed E-state index contributed by atoms with van der Waals surface area (Å²) in [7, 11) is 0. The van der Waals surface area contributed by atoms with Crippen LogP contribution in [0, 0.1) is 11.8 Å². The molecule has 3 N–H and O–H groups in total. The molecule has 21 heavy (non-hydrogen) atoms. The molecular weight excluding hydrogens is 256 g/mol. The first-order valence-corrected chi connectivity index (χ1v) is 8.83. The van der Waals surface area contributed by atoms with Gasteiger partial charge in [-0.2, -0.15) is 0 Å². The van der Waals surface area contributed by atoms with E-state index in [0.29, 0.717) is 6.04 Å². The Morgan fingerprint density at radius 1 is 1.14 bits per heavy atom. The van der Waals surface area contributed by atoms with Gasteiger partial charge in [0.1, 0.15) is 0 Å². The van der Waals surface area contributed by atoms with Gasteiger partial charge in [-0.3, -0.25) is 11.3 Å². The minimum absolute atomic E-state index is 0.283. The largest absolute Gasteiger partial charge is 0.271 e. The van der Waals surface area contributed by atoms with Crippen LogP contribution in [0.5, 0.6) is 0 Å². The van der Waals surface area contributed by atoms with Crippen molar-refractivity contribution in [1.29, 1.82) is 0 Å². The molecule has 2 heteroatoms. The number of hydrogen-bond acceptors (Lipinski definition) is 2. The molecule has 0 aromatic heterocycles. The highest BCUT2D eigenvalue weighted by Gasteiger charge is 2.49. The molecule has 2 aliphatic carbocycles. The van der Waals surface area contributed by atoms with Gasteiger partial charge in [0.2, 0.25) is 0 Å². The van der Waals surface area contributed by atoms with Gasteiger partial charge in [-0.05, 0) is 36.7 Å². The Bertz CT molecular complexity index is 438. The molecular formula is C19H30N2.